The van der Waals surface area contributed by atoms with Crippen LogP contribution in [0.2, 0.25) is 0 Å². The van der Waals surface area contributed by atoms with Crippen molar-refractivity contribution >= 4 is 0 Å². The average molecular weight is 281 g/mol. The van der Waals surface area contributed by atoms with Gasteiger partial charge in [0, 0.05) is 26.1 Å². The molecular weight excluding hydrogens is 250 g/mol. The van der Waals surface area contributed by atoms with E-state index in [-0.39, 0.29) is 0 Å². The maximum atomic E-state index is 5.09. The summed E-state index contributed by atoms with van der Waals surface area (Å²) in [5.41, 5.74) is 1.52. The van der Waals surface area contributed by atoms with Gasteiger partial charge < -0.3 is 10.1 Å². The summed E-state index contributed by atoms with van der Waals surface area (Å²) in [6.07, 6.45) is 9.33. The van der Waals surface area contributed by atoms with Crippen molar-refractivity contribution in [1.29, 1.82) is 0 Å². The van der Waals surface area contributed by atoms with Gasteiger partial charge in [0.25, 0.3) is 0 Å². The smallest absolute Gasteiger partial charge is 0.0961 e. The molecule has 0 aromatic rings. The monoisotopic (exact) mass is 281 g/mol. The Kier molecular flexibility index (Phi) is 8.78. The van der Waals surface area contributed by atoms with Gasteiger partial charge in [-0.05, 0) is 39.8 Å². The van der Waals surface area contributed by atoms with Gasteiger partial charge >= 0.3 is 0 Å². The number of hydrogen-bond donors (Lipinski definition) is 2. The first-order chi connectivity index (χ1) is 9.72. The van der Waals surface area contributed by atoms with Crippen LogP contribution in [0.3, 0.4) is 0 Å². The second-order valence-electron chi connectivity index (χ2n) is 5.54. The summed E-state index contributed by atoms with van der Waals surface area (Å²) in [6.45, 7) is 6.55. The van der Waals surface area contributed by atoms with Crippen molar-refractivity contribution in [2.24, 2.45) is 5.92 Å². The molecule has 0 spiro atoms. The molecule has 116 valence electrons. The minimum absolute atomic E-state index is 0.413. The standard InChI is InChI=1S/C16H31N3O/c1-5-7-14-8-6-9-15(12-18-13-20-4)16(17-2)19(3)11-10-14/h5,8,15-18H,1,6-7,9-13H2,2-4H3. The Bertz CT molecular complexity index is 304. The van der Waals surface area contributed by atoms with Gasteiger partial charge in [0.05, 0.1) is 12.9 Å². The molecule has 1 aliphatic rings. The van der Waals surface area contributed by atoms with Crippen LogP contribution in [0, 0.1) is 5.92 Å². The molecule has 0 amide bonds. The second kappa shape index (κ2) is 10.1. The molecule has 4 heteroatoms. The van der Waals surface area contributed by atoms with E-state index >= 15 is 0 Å². The Morgan fingerprint density at radius 2 is 2.35 bits per heavy atom. The van der Waals surface area contributed by atoms with Gasteiger partial charge in [0.15, 0.2) is 0 Å². The van der Waals surface area contributed by atoms with Gasteiger partial charge in [-0.25, -0.2) is 0 Å². The largest absolute Gasteiger partial charge is 0.370 e. The van der Waals surface area contributed by atoms with Crippen molar-refractivity contribution in [2.45, 2.75) is 31.8 Å². The third-order valence-corrected chi connectivity index (χ3v) is 4.03. The van der Waals surface area contributed by atoms with Crippen LogP contribution in [0.5, 0.6) is 0 Å². The van der Waals surface area contributed by atoms with Crippen LogP contribution in [0.15, 0.2) is 24.3 Å². The third kappa shape index (κ3) is 5.75. The zero-order chi connectivity index (χ0) is 14.8. The van der Waals surface area contributed by atoms with E-state index in [1.54, 1.807) is 7.11 Å². The van der Waals surface area contributed by atoms with Crippen molar-refractivity contribution in [3.05, 3.63) is 24.3 Å². The van der Waals surface area contributed by atoms with Gasteiger partial charge in [-0.3, -0.25) is 10.2 Å². The molecule has 0 radical (unpaired) electrons. The molecule has 1 heterocycles. The van der Waals surface area contributed by atoms with Crippen molar-refractivity contribution < 1.29 is 4.74 Å². The molecule has 0 fully saturated rings. The van der Waals surface area contributed by atoms with Crippen LogP contribution in [0.25, 0.3) is 0 Å². The molecule has 0 saturated carbocycles. The molecule has 2 unspecified atom stereocenters. The van der Waals surface area contributed by atoms with Crippen LogP contribution in [0.1, 0.15) is 25.7 Å². The van der Waals surface area contributed by atoms with Crippen LogP contribution in [-0.4, -0.2) is 52.1 Å². The highest BCUT2D eigenvalue weighted by Gasteiger charge is 2.24. The molecule has 2 atom stereocenters. The fourth-order valence-corrected chi connectivity index (χ4v) is 2.97. The number of nitrogens with one attached hydrogen (secondary N) is 2. The fourth-order valence-electron chi connectivity index (χ4n) is 2.97. The molecule has 0 bridgehead atoms. The summed E-state index contributed by atoms with van der Waals surface area (Å²) in [7, 11) is 5.99. The summed E-state index contributed by atoms with van der Waals surface area (Å²) >= 11 is 0. The van der Waals surface area contributed by atoms with E-state index in [0.717, 1.165) is 32.4 Å². The lowest BCUT2D eigenvalue weighted by Gasteiger charge is -2.34. The SMILES string of the molecule is C=CCC1=CCCC(CNCOC)C(NC)N(C)CC1. The molecule has 1 aliphatic heterocycles. The topological polar surface area (TPSA) is 36.5 Å². The van der Waals surface area contributed by atoms with E-state index in [1.807, 2.05) is 6.08 Å². The number of allylic oxidation sites excluding steroid dienone is 2. The lowest BCUT2D eigenvalue weighted by molar-refractivity contribution is 0.123. The van der Waals surface area contributed by atoms with Gasteiger partial charge in [0.1, 0.15) is 0 Å². The number of ether oxygens (including phenoxy) is 1. The van der Waals surface area contributed by atoms with Crippen LogP contribution in [0.4, 0.5) is 0 Å². The highest BCUT2D eigenvalue weighted by atomic mass is 16.5. The van der Waals surface area contributed by atoms with E-state index in [1.165, 1.54) is 12.0 Å². The van der Waals surface area contributed by atoms with Gasteiger partial charge in [-0.2, -0.15) is 0 Å². The van der Waals surface area contributed by atoms with Crippen molar-refractivity contribution in [3.8, 4) is 0 Å². The summed E-state index contributed by atoms with van der Waals surface area (Å²) in [5, 5.41) is 6.84. The second-order valence-corrected chi connectivity index (χ2v) is 5.54. The van der Waals surface area contributed by atoms with Crippen molar-refractivity contribution in [3.63, 3.8) is 0 Å². The summed E-state index contributed by atoms with van der Waals surface area (Å²) in [6, 6.07) is 0. The molecule has 20 heavy (non-hydrogen) atoms. The van der Waals surface area contributed by atoms with Crippen LogP contribution >= 0.6 is 0 Å². The van der Waals surface area contributed by atoms with Gasteiger partial charge in [-0.15, -0.1) is 6.58 Å². The van der Waals surface area contributed by atoms with E-state index in [4.69, 9.17) is 4.74 Å². The quantitative estimate of drug-likeness (QED) is 0.425. The molecule has 2 N–H and O–H groups in total. The molecular formula is C16H31N3O. The van der Waals surface area contributed by atoms with Gasteiger partial charge in [0.2, 0.25) is 0 Å². The number of methoxy groups -OCH3 is 1. The van der Waals surface area contributed by atoms with Crippen LogP contribution in [-0.2, 0) is 4.74 Å². The minimum Gasteiger partial charge on any atom is -0.370 e. The number of rotatable bonds is 7. The predicted molar refractivity (Wildman–Crippen MR) is 85.6 cm³/mol. The summed E-state index contributed by atoms with van der Waals surface area (Å²) < 4.78 is 5.09. The van der Waals surface area contributed by atoms with E-state index < -0.39 is 0 Å². The van der Waals surface area contributed by atoms with E-state index in [0.29, 0.717) is 18.8 Å². The maximum Gasteiger partial charge on any atom is 0.0961 e. The summed E-state index contributed by atoms with van der Waals surface area (Å²) in [4.78, 5) is 2.43. The number of nitrogens with zero attached hydrogens (tertiary/aromatic N) is 1. The Labute approximate surface area is 124 Å². The molecule has 0 aromatic carbocycles. The maximum absolute atomic E-state index is 5.09. The predicted octanol–water partition coefficient (Wildman–Crippen LogP) is 1.96. The highest BCUT2D eigenvalue weighted by molar-refractivity contribution is 5.07. The lowest BCUT2D eigenvalue weighted by atomic mass is 9.98. The Morgan fingerprint density at radius 3 is 3.00 bits per heavy atom. The third-order valence-electron chi connectivity index (χ3n) is 4.03. The Balaban J connectivity index is 2.67. The first-order valence-corrected chi connectivity index (χ1v) is 7.58. The van der Waals surface area contributed by atoms with E-state index in [9.17, 15) is 0 Å². The fraction of sp³-hybridized carbons (Fsp3) is 0.750. The zero-order valence-corrected chi connectivity index (χ0v) is 13.3. The first kappa shape index (κ1) is 17.4. The minimum atomic E-state index is 0.413. The Hall–Kier alpha value is -0.680. The molecule has 0 saturated heterocycles. The number of hydrogen-bond acceptors (Lipinski definition) is 4. The molecule has 0 aromatic heterocycles. The Morgan fingerprint density at radius 1 is 1.55 bits per heavy atom. The lowest BCUT2D eigenvalue weighted by Crippen LogP contribution is -2.50. The highest BCUT2D eigenvalue weighted by Crippen LogP contribution is 2.20. The normalized spacial score (nSPS) is 25.4. The molecule has 4 nitrogen and oxygen atoms in total. The van der Waals surface area contributed by atoms with Crippen molar-refractivity contribution in [2.75, 3.05) is 41.0 Å². The van der Waals surface area contributed by atoms with Gasteiger partial charge in [-0.1, -0.05) is 17.7 Å². The first-order valence-electron chi connectivity index (χ1n) is 7.58. The van der Waals surface area contributed by atoms with Crippen LogP contribution < -0.4 is 10.6 Å². The average Bonchev–Trinajstić information content (AvgIpc) is 2.51. The van der Waals surface area contributed by atoms with Crippen molar-refractivity contribution in [1.82, 2.24) is 15.5 Å². The molecule has 1 rings (SSSR count). The molecule has 0 aliphatic carbocycles. The zero-order valence-electron chi connectivity index (χ0n) is 13.3. The van der Waals surface area contributed by atoms with E-state index in [2.05, 4.69) is 42.3 Å². The summed E-state index contributed by atoms with van der Waals surface area (Å²) in [5.74, 6) is 0.583.